The first kappa shape index (κ1) is 45.6. The average molecular weight is 818 g/mol. The second kappa shape index (κ2) is 16.6. The Balaban J connectivity index is 1.85. The van der Waals surface area contributed by atoms with E-state index in [9.17, 15) is 44.1 Å². The van der Waals surface area contributed by atoms with Gasteiger partial charge >= 0.3 is 41.0 Å². The highest BCUT2D eigenvalue weighted by atomic mass is 16.9. The van der Waals surface area contributed by atoms with Gasteiger partial charge in [0.15, 0.2) is 6.54 Å². The number of carbonyl (C=O) groups excluding carboxylic acids is 3. The van der Waals surface area contributed by atoms with Gasteiger partial charge in [-0.1, -0.05) is 80.5 Å². The summed E-state index contributed by atoms with van der Waals surface area (Å²) in [5, 5.41) is 32.6. The van der Waals surface area contributed by atoms with Gasteiger partial charge in [0, 0.05) is 0 Å². The zero-order chi connectivity index (χ0) is 44.6. The number of hydrogen-bond acceptors (Lipinski definition) is 12. The van der Waals surface area contributed by atoms with Crippen LogP contribution in [0.2, 0.25) is 0 Å². The van der Waals surface area contributed by atoms with Crippen LogP contribution in [0.15, 0.2) is 50.8 Å². The second-order valence-electron chi connectivity index (χ2n) is 18.0. The number of esters is 3. The molecule has 5 N–H and O–H groups in total. The van der Waals surface area contributed by atoms with Gasteiger partial charge in [0.25, 0.3) is 0 Å². The van der Waals surface area contributed by atoms with E-state index in [1.165, 1.54) is 18.2 Å². The minimum atomic E-state index is -3.16. The summed E-state index contributed by atoms with van der Waals surface area (Å²) in [5.41, 5.74) is -0.704. The quantitative estimate of drug-likeness (QED) is 0.0976. The topological polar surface area (TPSA) is 227 Å². The van der Waals surface area contributed by atoms with E-state index in [0.717, 1.165) is 0 Å². The summed E-state index contributed by atoms with van der Waals surface area (Å²) >= 11 is 0. The van der Waals surface area contributed by atoms with Gasteiger partial charge in [0.2, 0.25) is 0 Å². The lowest BCUT2D eigenvalue weighted by Gasteiger charge is -2.32. The molecule has 0 aliphatic rings. The van der Waals surface area contributed by atoms with E-state index in [2.05, 4.69) is 0 Å². The Morgan fingerprint density at radius 1 is 0.525 bits per heavy atom. The third kappa shape index (κ3) is 11.1. The first-order valence-electron chi connectivity index (χ1n) is 19.1. The van der Waals surface area contributed by atoms with Crippen molar-refractivity contribution in [3.63, 3.8) is 0 Å². The molecule has 0 fully saturated rings. The fraction of sp³-hybridized carbons (Fsp3) is 0.455. The molecule has 0 aliphatic heterocycles. The Morgan fingerprint density at radius 3 is 1.05 bits per heavy atom. The summed E-state index contributed by atoms with van der Waals surface area (Å²) in [6.07, 6.45) is -1.71. The number of phenolic OH excluding ortho intramolecular Hbond substituents is 3. The molecule has 0 atom stereocenters. The van der Waals surface area contributed by atoms with Crippen LogP contribution < -0.4 is 17.1 Å². The largest absolute Gasteiger partial charge is 0.508 e. The van der Waals surface area contributed by atoms with Crippen LogP contribution in [0.5, 0.6) is 17.2 Å². The standard InChI is InChI=1S/C44H55N3O12/c1-23-13-29(41(4,5)6)32(48)16-26(23)19-35(51)57-44(22-47-39(55)45-38(54)46-40(47)56,58-36(52)20-27-17-33(49)30(14-24(27)2)42(7,8)9)59-37(53)21-28-18-34(50)31(15-25(28)3)43(10,11)12/h13-18,48-50H,19-22H2,1-12H3,(H2,45,46,54,55,56). The number of nitrogens with one attached hydrogen (secondary N) is 2. The fourth-order valence-electron chi connectivity index (χ4n) is 6.64. The Morgan fingerprint density at radius 2 is 0.797 bits per heavy atom. The molecule has 4 rings (SSSR count). The fourth-order valence-corrected chi connectivity index (χ4v) is 6.64. The molecule has 0 saturated carbocycles. The molecule has 318 valence electrons. The van der Waals surface area contributed by atoms with Crippen LogP contribution in [0.3, 0.4) is 0 Å². The van der Waals surface area contributed by atoms with E-state index in [1.54, 1.807) is 39.0 Å². The van der Waals surface area contributed by atoms with Crippen molar-refractivity contribution >= 4 is 17.9 Å². The minimum Gasteiger partial charge on any atom is -0.508 e. The number of ether oxygens (including phenoxy) is 3. The van der Waals surface area contributed by atoms with Gasteiger partial charge in [-0.2, -0.15) is 0 Å². The van der Waals surface area contributed by atoms with Crippen molar-refractivity contribution in [1.29, 1.82) is 0 Å². The first-order chi connectivity index (χ1) is 27.0. The Hall–Kier alpha value is -6.12. The monoisotopic (exact) mass is 817 g/mol. The normalized spacial score (nSPS) is 12.3. The van der Waals surface area contributed by atoms with Gasteiger partial charge in [0.1, 0.15) is 17.2 Å². The van der Waals surface area contributed by atoms with E-state index in [-0.39, 0.29) is 17.2 Å². The molecule has 1 heterocycles. The zero-order valence-corrected chi connectivity index (χ0v) is 35.8. The summed E-state index contributed by atoms with van der Waals surface area (Å²) in [4.78, 5) is 83.6. The van der Waals surface area contributed by atoms with E-state index >= 15 is 0 Å². The van der Waals surface area contributed by atoms with Crippen LogP contribution >= 0.6 is 0 Å². The average Bonchev–Trinajstić information content (AvgIpc) is 3.05. The van der Waals surface area contributed by atoms with Crippen molar-refractivity contribution in [3.8, 4) is 17.2 Å². The van der Waals surface area contributed by atoms with Gasteiger partial charge in [-0.15, -0.1) is 0 Å². The number of aromatic nitrogens is 3. The van der Waals surface area contributed by atoms with Gasteiger partial charge in [-0.05, 0) is 105 Å². The highest BCUT2D eigenvalue weighted by Gasteiger charge is 2.46. The summed E-state index contributed by atoms with van der Waals surface area (Å²) in [5.74, 6) is -6.98. The lowest BCUT2D eigenvalue weighted by atomic mass is 9.84. The van der Waals surface area contributed by atoms with E-state index in [1.807, 2.05) is 72.3 Å². The van der Waals surface area contributed by atoms with Gasteiger partial charge in [-0.25, -0.2) is 19.0 Å². The molecule has 1 aromatic heterocycles. The smallest absolute Gasteiger partial charge is 0.443 e. The van der Waals surface area contributed by atoms with Crippen LogP contribution in [0.25, 0.3) is 0 Å². The molecule has 0 spiro atoms. The van der Waals surface area contributed by atoms with Crippen molar-refractivity contribution in [3.05, 3.63) is 118 Å². The Labute approximate surface area is 342 Å². The third-order valence-corrected chi connectivity index (χ3v) is 9.88. The highest BCUT2D eigenvalue weighted by Crippen LogP contribution is 2.36. The van der Waals surface area contributed by atoms with Gasteiger partial charge in [-0.3, -0.25) is 24.4 Å². The number of aryl methyl sites for hydroxylation is 3. The SMILES string of the molecule is Cc1cc(C(C)(C)C)c(O)cc1CC(=O)OC(Cn1c(=O)[nH]c(=O)[nH]c1=O)(OC(=O)Cc1cc(O)c(C(C)(C)C)cc1C)OC(=O)Cc1cc(O)c(C(C)(C)C)cc1C. The van der Waals surface area contributed by atoms with Crippen molar-refractivity contribution in [2.45, 2.75) is 131 Å². The molecule has 0 saturated heterocycles. The molecule has 0 aliphatic carbocycles. The van der Waals surface area contributed by atoms with Gasteiger partial charge < -0.3 is 29.5 Å². The number of phenols is 3. The molecule has 15 heteroatoms. The van der Waals surface area contributed by atoms with Crippen LogP contribution in [-0.2, 0) is 70.6 Å². The molecule has 15 nitrogen and oxygen atoms in total. The molecular weight excluding hydrogens is 762 g/mol. The van der Waals surface area contributed by atoms with Crippen LogP contribution in [0.1, 0.15) is 112 Å². The van der Waals surface area contributed by atoms with Crippen molar-refractivity contribution < 1.29 is 43.9 Å². The maximum absolute atomic E-state index is 13.9. The van der Waals surface area contributed by atoms with E-state index in [0.29, 0.717) is 54.6 Å². The molecular formula is C44H55N3O12. The molecule has 59 heavy (non-hydrogen) atoms. The summed E-state index contributed by atoms with van der Waals surface area (Å²) in [7, 11) is 0. The maximum Gasteiger partial charge on any atom is 0.443 e. The lowest BCUT2D eigenvalue weighted by molar-refractivity contribution is -0.335. The Bertz CT molecular complexity index is 2230. The van der Waals surface area contributed by atoms with Gasteiger partial charge in [0.05, 0.1) is 19.3 Å². The molecule has 0 amide bonds. The van der Waals surface area contributed by atoms with Crippen molar-refractivity contribution in [1.82, 2.24) is 14.5 Å². The van der Waals surface area contributed by atoms with E-state index in [4.69, 9.17) is 14.2 Å². The number of hydrogen-bond donors (Lipinski definition) is 5. The number of benzene rings is 3. The summed E-state index contributed by atoms with van der Waals surface area (Å²) in [6.45, 7) is 21.0. The predicted octanol–water partition coefficient (Wildman–Crippen LogP) is 5.17. The summed E-state index contributed by atoms with van der Waals surface area (Å²) in [6, 6.07) is 9.24. The number of nitrogens with zero attached hydrogens (tertiary/aromatic N) is 1. The highest BCUT2D eigenvalue weighted by molar-refractivity contribution is 5.78. The predicted molar refractivity (Wildman–Crippen MR) is 219 cm³/mol. The number of carbonyl (C=O) groups is 3. The Kier molecular flexibility index (Phi) is 12.8. The molecule has 0 bridgehead atoms. The molecule has 3 aromatic carbocycles. The van der Waals surface area contributed by atoms with Crippen LogP contribution in [-0.4, -0.2) is 53.7 Å². The maximum atomic E-state index is 13.9. The third-order valence-electron chi connectivity index (χ3n) is 9.88. The first-order valence-corrected chi connectivity index (χ1v) is 19.1. The van der Waals surface area contributed by atoms with Crippen LogP contribution in [0, 0.1) is 20.8 Å². The van der Waals surface area contributed by atoms with Crippen LogP contribution in [0.4, 0.5) is 0 Å². The number of rotatable bonds is 11. The van der Waals surface area contributed by atoms with E-state index < -0.39 is 83.0 Å². The molecule has 4 aromatic rings. The lowest BCUT2D eigenvalue weighted by Crippen LogP contribution is -2.54. The molecule has 0 unspecified atom stereocenters. The second-order valence-corrected chi connectivity index (χ2v) is 18.0. The number of aromatic amines is 2. The number of aromatic hydroxyl groups is 3. The zero-order valence-electron chi connectivity index (χ0n) is 35.8. The molecule has 0 radical (unpaired) electrons. The minimum absolute atomic E-state index is 0.103. The van der Waals surface area contributed by atoms with Crippen molar-refractivity contribution in [2.75, 3.05) is 0 Å². The summed E-state index contributed by atoms with van der Waals surface area (Å²) < 4.78 is 17.5. The number of H-pyrrole nitrogens is 2. The van der Waals surface area contributed by atoms with Crippen molar-refractivity contribution in [2.24, 2.45) is 0 Å².